The predicted octanol–water partition coefficient (Wildman–Crippen LogP) is 1.02. The summed E-state index contributed by atoms with van der Waals surface area (Å²) in [6.07, 6.45) is 4.57. The molecule has 0 radical (unpaired) electrons. The number of hydrazone groups is 1. The maximum absolute atomic E-state index is 10.8. The van der Waals surface area contributed by atoms with E-state index in [0.29, 0.717) is 12.8 Å². The van der Waals surface area contributed by atoms with Gasteiger partial charge in [-0.25, -0.2) is 14.6 Å². The highest BCUT2D eigenvalue weighted by atomic mass is 16.4. The van der Waals surface area contributed by atoms with Gasteiger partial charge < -0.3 is 10.8 Å². The van der Waals surface area contributed by atoms with Crippen LogP contribution in [0.3, 0.4) is 0 Å². The average molecular weight is 215 g/mol. The lowest BCUT2D eigenvalue weighted by Gasteiger charge is -2.13. The fraction of sp³-hybridized carbons (Fsp3) is 0.667. The second-order valence-corrected chi connectivity index (χ2v) is 3.10. The maximum atomic E-state index is 10.8. The number of nitrogens with two attached hydrogens (primary N) is 1. The number of urea groups is 1. The van der Waals surface area contributed by atoms with Gasteiger partial charge in [0.2, 0.25) is 0 Å². The summed E-state index contributed by atoms with van der Waals surface area (Å²) < 4.78 is 0. The third-order valence-corrected chi connectivity index (χ3v) is 1.79. The smallest absolute Gasteiger partial charge is 0.348 e. The largest absolute Gasteiger partial charge is 0.477 e. The summed E-state index contributed by atoms with van der Waals surface area (Å²) in [5, 5.41) is 12.7. The standard InChI is InChI=1S/C9H17N3O3/c1-2-3-4-5-6-12(9(10)15)11-7-8(13)14/h7H,2-6H2,1H3,(H2,10,15)(H,13,14)/b11-7+. The average Bonchev–Trinajstić information content (AvgIpc) is 2.15. The molecule has 0 aromatic rings. The van der Waals surface area contributed by atoms with E-state index in [1.165, 1.54) is 0 Å². The minimum Gasteiger partial charge on any atom is -0.477 e. The van der Waals surface area contributed by atoms with Crippen molar-refractivity contribution in [3.8, 4) is 0 Å². The third-order valence-electron chi connectivity index (χ3n) is 1.79. The number of nitrogens with zero attached hydrogens (tertiary/aromatic N) is 2. The van der Waals surface area contributed by atoms with Crippen LogP contribution >= 0.6 is 0 Å². The number of carbonyl (C=O) groups excluding carboxylic acids is 1. The Bertz CT molecular complexity index is 241. The van der Waals surface area contributed by atoms with E-state index >= 15 is 0 Å². The summed E-state index contributed by atoms with van der Waals surface area (Å²) in [6.45, 7) is 2.44. The Labute approximate surface area is 88.7 Å². The number of carbonyl (C=O) groups is 2. The predicted molar refractivity (Wildman–Crippen MR) is 56.6 cm³/mol. The monoisotopic (exact) mass is 215 g/mol. The summed E-state index contributed by atoms with van der Waals surface area (Å²) in [4.78, 5) is 21.0. The van der Waals surface area contributed by atoms with Crippen molar-refractivity contribution in [2.75, 3.05) is 6.54 Å². The summed E-state index contributed by atoms with van der Waals surface area (Å²) in [5.41, 5.74) is 5.02. The molecule has 6 nitrogen and oxygen atoms in total. The van der Waals surface area contributed by atoms with Crippen LogP contribution in [0.1, 0.15) is 32.6 Å². The molecule has 0 unspecified atom stereocenters. The molecule has 0 aromatic heterocycles. The van der Waals surface area contributed by atoms with E-state index in [1.807, 2.05) is 0 Å². The van der Waals surface area contributed by atoms with Gasteiger partial charge in [0.05, 0.1) is 0 Å². The van der Waals surface area contributed by atoms with Crippen LogP contribution < -0.4 is 5.73 Å². The number of amides is 2. The van der Waals surface area contributed by atoms with Gasteiger partial charge in [-0.05, 0) is 6.42 Å². The molecule has 0 aliphatic carbocycles. The van der Waals surface area contributed by atoms with Crippen LogP contribution in [-0.2, 0) is 4.79 Å². The van der Waals surface area contributed by atoms with Gasteiger partial charge in [-0.3, -0.25) is 0 Å². The second-order valence-electron chi connectivity index (χ2n) is 3.10. The lowest BCUT2D eigenvalue weighted by molar-refractivity contribution is -0.128. The van der Waals surface area contributed by atoms with Crippen molar-refractivity contribution >= 4 is 18.2 Å². The molecule has 0 bridgehead atoms. The van der Waals surface area contributed by atoms with E-state index in [0.717, 1.165) is 30.7 Å². The highest BCUT2D eigenvalue weighted by molar-refractivity contribution is 6.22. The van der Waals surface area contributed by atoms with Crippen LogP contribution in [0.5, 0.6) is 0 Å². The molecule has 0 saturated heterocycles. The van der Waals surface area contributed by atoms with Crippen molar-refractivity contribution in [2.24, 2.45) is 10.8 Å². The lowest BCUT2D eigenvalue weighted by atomic mass is 10.2. The van der Waals surface area contributed by atoms with Crippen molar-refractivity contribution in [3.63, 3.8) is 0 Å². The first-order chi connectivity index (χ1) is 7.07. The van der Waals surface area contributed by atoms with Gasteiger partial charge in [0, 0.05) is 6.54 Å². The molecule has 3 N–H and O–H groups in total. The van der Waals surface area contributed by atoms with E-state index in [4.69, 9.17) is 10.8 Å². The number of carboxylic acid groups (broad SMARTS) is 1. The zero-order chi connectivity index (χ0) is 11.7. The Morgan fingerprint density at radius 2 is 2.07 bits per heavy atom. The fourth-order valence-electron chi connectivity index (χ4n) is 1.03. The molecule has 0 fully saturated rings. The van der Waals surface area contributed by atoms with E-state index < -0.39 is 12.0 Å². The van der Waals surface area contributed by atoms with Crippen LogP contribution in [-0.4, -0.2) is 34.9 Å². The molecule has 86 valence electrons. The van der Waals surface area contributed by atoms with Gasteiger partial charge >= 0.3 is 12.0 Å². The number of hydrogen-bond acceptors (Lipinski definition) is 3. The first-order valence-electron chi connectivity index (χ1n) is 4.91. The number of carboxylic acids is 1. The number of aliphatic carboxylic acids is 1. The minimum absolute atomic E-state index is 0.360. The zero-order valence-electron chi connectivity index (χ0n) is 8.85. The lowest BCUT2D eigenvalue weighted by Crippen LogP contribution is -2.32. The third kappa shape index (κ3) is 7.48. The van der Waals surface area contributed by atoms with E-state index in [9.17, 15) is 9.59 Å². The molecule has 0 heterocycles. The molecule has 6 heteroatoms. The van der Waals surface area contributed by atoms with Gasteiger partial charge in [-0.15, -0.1) is 0 Å². The van der Waals surface area contributed by atoms with E-state index in [1.54, 1.807) is 0 Å². The summed E-state index contributed by atoms with van der Waals surface area (Å²) in [6, 6.07) is -0.732. The normalized spacial score (nSPS) is 10.5. The fourth-order valence-corrected chi connectivity index (χ4v) is 1.03. The Hall–Kier alpha value is -1.59. The van der Waals surface area contributed by atoms with Crippen LogP contribution in [0.15, 0.2) is 5.10 Å². The molecule has 0 aromatic carbocycles. The minimum atomic E-state index is -1.20. The Balaban J connectivity index is 3.95. The Morgan fingerprint density at radius 1 is 1.40 bits per heavy atom. The maximum Gasteiger partial charge on any atom is 0.348 e. The Kier molecular flexibility index (Phi) is 6.96. The van der Waals surface area contributed by atoms with Gasteiger partial charge in [-0.2, -0.15) is 5.10 Å². The number of primary amides is 1. The molecule has 0 atom stereocenters. The molecule has 0 saturated carbocycles. The van der Waals surface area contributed by atoms with Crippen LogP contribution in [0, 0.1) is 0 Å². The van der Waals surface area contributed by atoms with Gasteiger partial charge in [0.1, 0.15) is 6.21 Å². The van der Waals surface area contributed by atoms with Crippen molar-refractivity contribution in [1.82, 2.24) is 5.01 Å². The number of unbranched alkanes of at least 4 members (excludes halogenated alkanes) is 3. The zero-order valence-corrected chi connectivity index (χ0v) is 8.85. The van der Waals surface area contributed by atoms with Gasteiger partial charge in [0.15, 0.2) is 0 Å². The van der Waals surface area contributed by atoms with Crippen LogP contribution in [0.2, 0.25) is 0 Å². The van der Waals surface area contributed by atoms with Crippen molar-refractivity contribution in [3.05, 3.63) is 0 Å². The molecule has 0 aliphatic heterocycles. The topological polar surface area (TPSA) is 96.0 Å². The molecular formula is C9H17N3O3. The molecular weight excluding hydrogens is 198 g/mol. The molecule has 0 aliphatic rings. The first kappa shape index (κ1) is 13.4. The quantitative estimate of drug-likeness (QED) is 0.377. The van der Waals surface area contributed by atoms with Crippen molar-refractivity contribution in [2.45, 2.75) is 32.6 Å². The number of rotatable bonds is 7. The summed E-state index contributed by atoms with van der Waals surface area (Å²) in [7, 11) is 0. The summed E-state index contributed by atoms with van der Waals surface area (Å²) >= 11 is 0. The first-order valence-corrected chi connectivity index (χ1v) is 4.91. The van der Waals surface area contributed by atoms with E-state index in [2.05, 4.69) is 12.0 Å². The number of hydrogen-bond donors (Lipinski definition) is 2. The van der Waals surface area contributed by atoms with Gasteiger partial charge in [0.25, 0.3) is 0 Å². The Morgan fingerprint density at radius 3 is 2.53 bits per heavy atom. The van der Waals surface area contributed by atoms with Gasteiger partial charge in [-0.1, -0.05) is 26.2 Å². The SMILES string of the molecule is CCCCCCN(/N=C/C(=O)O)C(N)=O. The second kappa shape index (κ2) is 7.78. The van der Waals surface area contributed by atoms with Crippen LogP contribution in [0.4, 0.5) is 4.79 Å². The van der Waals surface area contributed by atoms with Crippen molar-refractivity contribution in [1.29, 1.82) is 0 Å². The molecule has 0 rings (SSSR count). The van der Waals surface area contributed by atoms with Crippen molar-refractivity contribution < 1.29 is 14.7 Å². The molecule has 2 amide bonds. The highest BCUT2D eigenvalue weighted by Crippen LogP contribution is 2.01. The highest BCUT2D eigenvalue weighted by Gasteiger charge is 2.06. The van der Waals surface area contributed by atoms with Crippen LogP contribution in [0.25, 0.3) is 0 Å². The van der Waals surface area contributed by atoms with E-state index in [-0.39, 0.29) is 0 Å². The molecule has 15 heavy (non-hydrogen) atoms. The molecule has 0 spiro atoms. The summed E-state index contributed by atoms with van der Waals surface area (Å²) in [5.74, 6) is -1.20.